The monoisotopic (exact) mass is 341 g/mol. The normalized spacial score (nSPS) is 12.9. The van der Waals surface area contributed by atoms with Gasteiger partial charge in [-0.25, -0.2) is 0 Å². The average Bonchev–Trinajstić information content (AvgIpc) is 2.89. The van der Waals surface area contributed by atoms with Crippen LogP contribution in [0, 0.1) is 0 Å². The fourth-order valence-electron chi connectivity index (χ4n) is 2.17. The summed E-state index contributed by atoms with van der Waals surface area (Å²) in [6.07, 6.45) is 2.31. The first kappa shape index (κ1) is 15.3. The SMILES string of the molecule is CCCOCCC(=O)NCc1cc(Br)cc2c1OCC2. The van der Waals surface area contributed by atoms with Gasteiger partial charge in [0.25, 0.3) is 0 Å². The minimum absolute atomic E-state index is 0.00725. The van der Waals surface area contributed by atoms with Crippen LogP contribution >= 0.6 is 15.9 Å². The maximum absolute atomic E-state index is 11.7. The highest BCUT2D eigenvalue weighted by molar-refractivity contribution is 9.10. The van der Waals surface area contributed by atoms with Crippen molar-refractivity contribution in [3.63, 3.8) is 0 Å². The Labute approximate surface area is 128 Å². The van der Waals surface area contributed by atoms with E-state index in [-0.39, 0.29) is 5.91 Å². The van der Waals surface area contributed by atoms with Gasteiger partial charge in [0.1, 0.15) is 5.75 Å². The summed E-state index contributed by atoms with van der Waals surface area (Å²) >= 11 is 3.49. The number of rotatable bonds is 7. The van der Waals surface area contributed by atoms with Gasteiger partial charge in [-0.1, -0.05) is 22.9 Å². The lowest BCUT2D eigenvalue weighted by molar-refractivity contribution is -0.122. The van der Waals surface area contributed by atoms with E-state index in [1.54, 1.807) is 0 Å². The number of amides is 1. The molecular formula is C15H20BrNO3. The van der Waals surface area contributed by atoms with Gasteiger partial charge in [0.05, 0.1) is 13.2 Å². The third-order valence-electron chi connectivity index (χ3n) is 3.12. The van der Waals surface area contributed by atoms with Crippen LogP contribution in [-0.2, 0) is 22.5 Å². The van der Waals surface area contributed by atoms with Crippen LogP contribution in [-0.4, -0.2) is 25.7 Å². The highest BCUT2D eigenvalue weighted by Gasteiger charge is 2.17. The Morgan fingerprint density at radius 1 is 1.45 bits per heavy atom. The molecule has 5 heteroatoms. The predicted octanol–water partition coefficient (Wildman–Crippen LogP) is 2.82. The smallest absolute Gasteiger partial charge is 0.222 e. The first-order valence-electron chi connectivity index (χ1n) is 6.99. The predicted molar refractivity (Wildman–Crippen MR) is 80.9 cm³/mol. The van der Waals surface area contributed by atoms with E-state index in [9.17, 15) is 4.79 Å². The summed E-state index contributed by atoms with van der Waals surface area (Å²) in [4.78, 5) is 11.7. The minimum Gasteiger partial charge on any atom is -0.493 e. The van der Waals surface area contributed by atoms with Gasteiger partial charge < -0.3 is 14.8 Å². The van der Waals surface area contributed by atoms with Crippen molar-refractivity contribution < 1.29 is 14.3 Å². The molecule has 1 aliphatic rings. The molecule has 0 unspecified atom stereocenters. The van der Waals surface area contributed by atoms with E-state index in [0.29, 0.717) is 26.2 Å². The summed E-state index contributed by atoms with van der Waals surface area (Å²) in [5, 5.41) is 2.91. The van der Waals surface area contributed by atoms with Gasteiger partial charge in [0.15, 0.2) is 0 Å². The molecule has 0 atom stereocenters. The van der Waals surface area contributed by atoms with Crippen molar-refractivity contribution in [2.24, 2.45) is 0 Å². The standard InChI is InChI=1S/C15H20BrNO3/c1-2-5-19-6-4-14(18)17-10-12-9-13(16)8-11-3-7-20-15(11)12/h8-9H,2-7,10H2,1H3,(H,17,18). The zero-order chi connectivity index (χ0) is 14.4. The molecule has 0 saturated carbocycles. The van der Waals surface area contributed by atoms with Crippen molar-refractivity contribution in [2.45, 2.75) is 32.7 Å². The fraction of sp³-hybridized carbons (Fsp3) is 0.533. The molecule has 0 radical (unpaired) electrons. The van der Waals surface area contributed by atoms with Crippen LogP contribution in [0.3, 0.4) is 0 Å². The van der Waals surface area contributed by atoms with E-state index in [1.807, 2.05) is 13.0 Å². The molecule has 0 saturated heterocycles. The van der Waals surface area contributed by atoms with Crippen molar-refractivity contribution in [3.05, 3.63) is 27.7 Å². The third kappa shape index (κ3) is 4.21. The summed E-state index contributed by atoms with van der Waals surface area (Å²) in [5.41, 5.74) is 2.23. The number of halogens is 1. The Balaban J connectivity index is 1.84. The highest BCUT2D eigenvalue weighted by atomic mass is 79.9. The van der Waals surface area contributed by atoms with Crippen LogP contribution in [0.25, 0.3) is 0 Å². The lowest BCUT2D eigenvalue weighted by Crippen LogP contribution is -2.24. The van der Waals surface area contributed by atoms with Gasteiger partial charge in [-0.05, 0) is 24.1 Å². The van der Waals surface area contributed by atoms with Crippen LogP contribution in [0.15, 0.2) is 16.6 Å². The highest BCUT2D eigenvalue weighted by Crippen LogP contribution is 2.32. The minimum atomic E-state index is 0.00725. The van der Waals surface area contributed by atoms with Crippen LogP contribution in [0.1, 0.15) is 30.9 Å². The molecule has 4 nitrogen and oxygen atoms in total. The fourth-order valence-corrected chi connectivity index (χ4v) is 2.72. The van der Waals surface area contributed by atoms with Gasteiger partial charge in [-0.2, -0.15) is 0 Å². The number of hydrogen-bond donors (Lipinski definition) is 1. The van der Waals surface area contributed by atoms with Crippen molar-refractivity contribution in [1.82, 2.24) is 5.32 Å². The maximum Gasteiger partial charge on any atom is 0.222 e. The molecular weight excluding hydrogens is 322 g/mol. The number of benzene rings is 1. The molecule has 0 bridgehead atoms. The number of carbonyl (C=O) groups is 1. The Bertz CT molecular complexity index is 476. The van der Waals surface area contributed by atoms with Crippen LogP contribution in [0.2, 0.25) is 0 Å². The number of ether oxygens (including phenoxy) is 2. The second-order valence-electron chi connectivity index (χ2n) is 4.79. The first-order valence-corrected chi connectivity index (χ1v) is 7.78. The lowest BCUT2D eigenvalue weighted by atomic mass is 10.1. The zero-order valence-electron chi connectivity index (χ0n) is 11.7. The van der Waals surface area contributed by atoms with Crippen molar-refractivity contribution in [1.29, 1.82) is 0 Å². The van der Waals surface area contributed by atoms with E-state index in [4.69, 9.17) is 9.47 Å². The molecule has 0 spiro atoms. The van der Waals surface area contributed by atoms with Crippen molar-refractivity contribution in [2.75, 3.05) is 19.8 Å². The Kier molecular flexibility index (Phi) is 5.86. The van der Waals surface area contributed by atoms with Gasteiger partial charge in [0.2, 0.25) is 5.91 Å². The molecule has 1 aliphatic heterocycles. The van der Waals surface area contributed by atoms with Crippen molar-refractivity contribution >= 4 is 21.8 Å². The van der Waals surface area contributed by atoms with Crippen molar-refractivity contribution in [3.8, 4) is 5.75 Å². The second kappa shape index (κ2) is 7.64. The average molecular weight is 342 g/mol. The van der Waals surface area contributed by atoms with E-state index < -0.39 is 0 Å². The topological polar surface area (TPSA) is 47.6 Å². The van der Waals surface area contributed by atoms with Crippen LogP contribution < -0.4 is 10.1 Å². The molecule has 110 valence electrons. The van der Waals surface area contributed by atoms with Gasteiger partial charge in [0, 0.05) is 36.0 Å². The van der Waals surface area contributed by atoms with E-state index in [1.165, 1.54) is 5.56 Å². The number of fused-ring (bicyclic) bond motifs is 1. The van der Waals surface area contributed by atoms with Crippen LogP contribution in [0.4, 0.5) is 0 Å². The molecule has 2 rings (SSSR count). The Morgan fingerprint density at radius 2 is 2.30 bits per heavy atom. The van der Waals surface area contributed by atoms with Gasteiger partial charge >= 0.3 is 0 Å². The largest absolute Gasteiger partial charge is 0.493 e. The molecule has 1 amide bonds. The molecule has 1 aromatic rings. The second-order valence-corrected chi connectivity index (χ2v) is 5.71. The molecule has 1 heterocycles. The number of carbonyl (C=O) groups excluding carboxylic acids is 1. The van der Waals surface area contributed by atoms with E-state index in [2.05, 4.69) is 27.3 Å². The number of nitrogens with one attached hydrogen (secondary N) is 1. The Morgan fingerprint density at radius 3 is 3.10 bits per heavy atom. The van der Waals surface area contributed by atoms with Gasteiger partial charge in [-0.3, -0.25) is 4.79 Å². The molecule has 0 fully saturated rings. The maximum atomic E-state index is 11.7. The summed E-state index contributed by atoms with van der Waals surface area (Å²) in [6.45, 7) is 4.45. The Hall–Kier alpha value is -1.07. The number of hydrogen-bond acceptors (Lipinski definition) is 3. The summed E-state index contributed by atoms with van der Waals surface area (Å²) in [5.74, 6) is 0.934. The van der Waals surface area contributed by atoms with E-state index in [0.717, 1.165) is 35.2 Å². The summed E-state index contributed by atoms with van der Waals surface area (Å²) in [7, 11) is 0. The molecule has 0 aliphatic carbocycles. The first-order chi connectivity index (χ1) is 9.70. The summed E-state index contributed by atoms with van der Waals surface area (Å²) < 4.78 is 12.0. The van der Waals surface area contributed by atoms with Gasteiger partial charge in [-0.15, -0.1) is 0 Å². The van der Waals surface area contributed by atoms with Crippen LogP contribution in [0.5, 0.6) is 5.75 Å². The molecule has 20 heavy (non-hydrogen) atoms. The zero-order valence-corrected chi connectivity index (χ0v) is 13.3. The molecule has 1 N–H and O–H groups in total. The van der Waals surface area contributed by atoms with E-state index >= 15 is 0 Å². The molecule has 1 aromatic carbocycles. The summed E-state index contributed by atoms with van der Waals surface area (Å²) in [6, 6.07) is 4.07. The third-order valence-corrected chi connectivity index (χ3v) is 3.58. The molecule has 0 aromatic heterocycles. The quantitative estimate of drug-likeness (QED) is 0.775. The lowest BCUT2D eigenvalue weighted by Gasteiger charge is -2.10.